The second-order valence-electron chi connectivity index (χ2n) is 8.04. The molecule has 0 spiro atoms. The van der Waals surface area contributed by atoms with E-state index in [0.717, 1.165) is 36.1 Å². The van der Waals surface area contributed by atoms with E-state index in [1.807, 2.05) is 6.92 Å². The molecule has 0 aromatic heterocycles. The number of aryl methyl sites for hydroxylation is 1. The fourth-order valence-electron chi connectivity index (χ4n) is 4.00. The van der Waals surface area contributed by atoms with Crippen LogP contribution in [0.5, 0.6) is 0 Å². The normalized spacial score (nSPS) is 20.3. The smallest absolute Gasteiger partial charge is 0.321 e. The van der Waals surface area contributed by atoms with Crippen molar-refractivity contribution in [3.05, 3.63) is 29.8 Å². The Bertz CT molecular complexity index is 827. The average molecular weight is 424 g/mol. The number of nitrogens with one attached hydrogen (secondary N) is 3. The highest BCUT2D eigenvalue weighted by atomic mass is 32.2. The zero-order chi connectivity index (χ0) is 21.0. The first kappa shape index (κ1) is 21.7. The van der Waals surface area contributed by atoms with Crippen LogP contribution < -0.4 is 15.5 Å². The van der Waals surface area contributed by atoms with Crippen molar-refractivity contribution in [1.82, 2.24) is 14.9 Å². The largest absolute Gasteiger partial charge is 0.335 e. The molecule has 0 radical (unpaired) electrons. The fourth-order valence-corrected chi connectivity index (χ4v) is 5.44. The van der Waals surface area contributed by atoms with E-state index in [9.17, 15) is 18.0 Å². The SMILES string of the molecule is Cc1ccc(S(=O)(=O)N2CC[NH+]([C@@H](C)C(=O)NC(=O)NC3CCCC3)CC2)cc1. The van der Waals surface area contributed by atoms with Crippen LogP contribution in [-0.2, 0) is 14.8 Å². The van der Waals surface area contributed by atoms with E-state index in [-0.39, 0.29) is 11.9 Å². The summed E-state index contributed by atoms with van der Waals surface area (Å²) in [6.45, 7) is 5.42. The maximum absolute atomic E-state index is 12.8. The number of sulfonamides is 1. The van der Waals surface area contributed by atoms with E-state index in [1.165, 1.54) is 4.31 Å². The predicted octanol–water partition coefficient (Wildman–Crippen LogP) is 0.0411. The molecule has 3 rings (SSSR count). The molecule has 8 nitrogen and oxygen atoms in total. The molecule has 160 valence electrons. The van der Waals surface area contributed by atoms with E-state index in [4.69, 9.17) is 0 Å². The number of quaternary nitrogens is 1. The summed E-state index contributed by atoms with van der Waals surface area (Å²) in [7, 11) is -3.53. The third kappa shape index (κ3) is 5.34. The van der Waals surface area contributed by atoms with Gasteiger partial charge in [0.1, 0.15) is 0 Å². The number of amides is 3. The van der Waals surface area contributed by atoms with Gasteiger partial charge in [-0.2, -0.15) is 4.31 Å². The lowest BCUT2D eigenvalue weighted by molar-refractivity contribution is -0.917. The number of urea groups is 1. The van der Waals surface area contributed by atoms with E-state index in [0.29, 0.717) is 31.1 Å². The van der Waals surface area contributed by atoms with Crippen LogP contribution in [0.15, 0.2) is 29.2 Å². The number of hydrogen-bond acceptors (Lipinski definition) is 4. The number of carbonyl (C=O) groups excluding carboxylic acids is 2. The Balaban J connectivity index is 1.50. The summed E-state index contributed by atoms with van der Waals surface area (Å²) < 4.78 is 27.1. The summed E-state index contributed by atoms with van der Waals surface area (Å²) in [5, 5.41) is 5.28. The molecule has 0 bridgehead atoms. The lowest BCUT2D eigenvalue weighted by Gasteiger charge is -2.34. The van der Waals surface area contributed by atoms with Crippen molar-refractivity contribution < 1.29 is 22.9 Å². The van der Waals surface area contributed by atoms with Crippen LogP contribution in [0.1, 0.15) is 38.2 Å². The summed E-state index contributed by atoms with van der Waals surface area (Å²) in [6, 6.07) is 6.13. The summed E-state index contributed by atoms with van der Waals surface area (Å²) in [6.07, 6.45) is 4.13. The maximum atomic E-state index is 12.8. The van der Waals surface area contributed by atoms with Gasteiger partial charge < -0.3 is 10.2 Å². The molecule has 3 N–H and O–H groups in total. The Hall–Kier alpha value is -1.97. The molecule has 1 aromatic rings. The number of nitrogens with zero attached hydrogens (tertiary/aromatic N) is 1. The molecular formula is C20H31N4O4S+. The van der Waals surface area contributed by atoms with Gasteiger partial charge in [0.25, 0.3) is 5.91 Å². The second kappa shape index (κ2) is 9.23. The summed E-state index contributed by atoms with van der Waals surface area (Å²) in [5.41, 5.74) is 1.01. The highest BCUT2D eigenvalue weighted by Gasteiger charge is 2.35. The van der Waals surface area contributed by atoms with Gasteiger partial charge >= 0.3 is 6.03 Å². The van der Waals surface area contributed by atoms with Gasteiger partial charge in [-0.05, 0) is 38.8 Å². The molecule has 9 heteroatoms. The highest BCUT2D eigenvalue weighted by Crippen LogP contribution is 2.17. The molecule has 2 fully saturated rings. The second-order valence-corrected chi connectivity index (χ2v) is 9.98. The van der Waals surface area contributed by atoms with Crippen LogP contribution in [0.25, 0.3) is 0 Å². The number of benzene rings is 1. The van der Waals surface area contributed by atoms with Crippen molar-refractivity contribution in [2.45, 2.75) is 56.5 Å². The predicted molar refractivity (Wildman–Crippen MR) is 109 cm³/mol. The van der Waals surface area contributed by atoms with Gasteiger partial charge in [0.05, 0.1) is 31.1 Å². The molecule has 1 aliphatic heterocycles. The lowest BCUT2D eigenvalue weighted by Crippen LogP contribution is -3.19. The van der Waals surface area contributed by atoms with Crippen molar-refractivity contribution in [3.8, 4) is 0 Å². The fraction of sp³-hybridized carbons (Fsp3) is 0.600. The minimum atomic E-state index is -3.53. The van der Waals surface area contributed by atoms with E-state index in [1.54, 1.807) is 31.2 Å². The molecule has 29 heavy (non-hydrogen) atoms. The monoisotopic (exact) mass is 423 g/mol. The molecule has 1 aliphatic carbocycles. The van der Waals surface area contributed by atoms with Crippen molar-refractivity contribution in [2.24, 2.45) is 0 Å². The summed E-state index contributed by atoms with van der Waals surface area (Å²) >= 11 is 0. The zero-order valence-corrected chi connectivity index (χ0v) is 17.9. The quantitative estimate of drug-likeness (QED) is 0.623. The van der Waals surface area contributed by atoms with E-state index in [2.05, 4.69) is 10.6 Å². The van der Waals surface area contributed by atoms with E-state index >= 15 is 0 Å². The van der Waals surface area contributed by atoms with Gasteiger partial charge in [0.15, 0.2) is 6.04 Å². The van der Waals surface area contributed by atoms with E-state index < -0.39 is 22.1 Å². The molecule has 0 unspecified atom stereocenters. The molecule has 1 saturated heterocycles. The van der Waals surface area contributed by atoms with Crippen LogP contribution in [0.3, 0.4) is 0 Å². The minimum Gasteiger partial charge on any atom is -0.335 e. The number of imide groups is 1. The third-order valence-corrected chi connectivity index (χ3v) is 7.87. The van der Waals surface area contributed by atoms with Crippen molar-refractivity contribution in [3.63, 3.8) is 0 Å². The Morgan fingerprint density at radius 2 is 1.69 bits per heavy atom. The molecular weight excluding hydrogens is 392 g/mol. The van der Waals surface area contributed by atoms with Gasteiger partial charge in [-0.25, -0.2) is 13.2 Å². The number of piperazine rings is 1. The molecule has 1 atom stereocenters. The summed E-state index contributed by atoms with van der Waals surface area (Å²) in [5.74, 6) is -0.328. The number of hydrogen-bond donors (Lipinski definition) is 3. The molecule has 1 heterocycles. The Labute approximate surface area is 172 Å². The van der Waals surface area contributed by atoms with Crippen LogP contribution in [0.2, 0.25) is 0 Å². The number of carbonyl (C=O) groups is 2. The van der Waals surface area contributed by atoms with Crippen LogP contribution in [-0.4, -0.2) is 62.9 Å². The first-order chi connectivity index (χ1) is 13.8. The topological polar surface area (TPSA) is 100 Å². The first-order valence-corrected chi connectivity index (χ1v) is 11.7. The molecule has 2 aliphatic rings. The van der Waals surface area contributed by atoms with Gasteiger partial charge in [-0.15, -0.1) is 0 Å². The average Bonchev–Trinajstić information content (AvgIpc) is 3.20. The van der Waals surface area contributed by atoms with Crippen LogP contribution in [0.4, 0.5) is 4.79 Å². The van der Waals surface area contributed by atoms with Crippen LogP contribution in [0, 0.1) is 6.92 Å². The third-order valence-electron chi connectivity index (χ3n) is 5.96. The Kier molecular flexibility index (Phi) is 6.92. The highest BCUT2D eigenvalue weighted by molar-refractivity contribution is 7.89. The van der Waals surface area contributed by atoms with Gasteiger partial charge in [-0.1, -0.05) is 30.5 Å². The number of rotatable bonds is 5. The zero-order valence-electron chi connectivity index (χ0n) is 17.1. The Morgan fingerprint density at radius 1 is 1.10 bits per heavy atom. The summed E-state index contributed by atoms with van der Waals surface area (Å²) in [4.78, 5) is 25.7. The van der Waals surface area contributed by atoms with Gasteiger partial charge in [0, 0.05) is 6.04 Å². The van der Waals surface area contributed by atoms with Crippen molar-refractivity contribution in [1.29, 1.82) is 0 Å². The lowest BCUT2D eigenvalue weighted by atomic mass is 10.2. The first-order valence-electron chi connectivity index (χ1n) is 10.3. The van der Waals surface area contributed by atoms with Crippen LogP contribution >= 0.6 is 0 Å². The van der Waals surface area contributed by atoms with Crippen molar-refractivity contribution >= 4 is 22.0 Å². The Morgan fingerprint density at radius 3 is 2.28 bits per heavy atom. The molecule has 1 aromatic carbocycles. The van der Waals surface area contributed by atoms with Gasteiger partial charge in [-0.3, -0.25) is 10.1 Å². The molecule has 1 saturated carbocycles. The maximum Gasteiger partial charge on any atom is 0.321 e. The standard InChI is InChI=1S/C20H30N4O4S/c1-15-7-9-18(10-8-15)29(27,28)24-13-11-23(12-14-24)16(2)19(25)22-20(26)21-17-5-3-4-6-17/h7-10,16-17H,3-6,11-14H2,1-2H3,(H2,21,22,25,26)/p+1/t16-/m0/s1. The van der Waals surface area contributed by atoms with Crippen molar-refractivity contribution in [2.75, 3.05) is 26.2 Å². The molecule has 3 amide bonds. The van der Waals surface area contributed by atoms with Gasteiger partial charge in [0.2, 0.25) is 10.0 Å². The minimum absolute atomic E-state index is 0.154.